The summed E-state index contributed by atoms with van der Waals surface area (Å²) in [6, 6.07) is 13.6. The Labute approximate surface area is 141 Å². The molecule has 0 saturated heterocycles. The van der Waals surface area contributed by atoms with Crippen molar-refractivity contribution < 1.29 is 9.47 Å². The third-order valence-corrected chi connectivity index (χ3v) is 4.39. The van der Waals surface area contributed by atoms with Gasteiger partial charge in [0.15, 0.2) is 5.16 Å². The van der Waals surface area contributed by atoms with Crippen LogP contribution in [0.3, 0.4) is 0 Å². The fourth-order valence-electron chi connectivity index (χ4n) is 2.02. The number of nitrogens with zero attached hydrogens (tertiary/aromatic N) is 1. The monoisotopic (exact) mass is 378 g/mol. The van der Waals surface area contributed by atoms with Crippen molar-refractivity contribution in [3.63, 3.8) is 0 Å². The summed E-state index contributed by atoms with van der Waals surface area (Å²) >= 11 is 5.10. The van der Waals surface area contributed by atoms with E-state index >= 15 is 0 Å². The van der Waals surface area contributed by atoms with Crippen LogP contribution >= 0.6 is 27.7 Å². The summed E-state index contributed by atoms with van der Waals surface area (Å²) in [4.78, 5) is 7.84. The van der Waals surface area contributed by atoms with Crippen molar-refractivity contribution in [2.75, 3.05) is 19.5 Å². The molecule has 0 aliphatic rings. The minimum absolute atomic E-state index is 0.610. The van der Waals surface area contributed by atoms with Gasteiger partial charge in [-0.3, -0.25) is 0 Å². The lowest BCUT2D eigenvalue weighted by atomic mass is 10.3. The van der Waals surface area contributed by atoms with Crippen LogP contribution in [-0.2, 0) is 0 Å². The van der Waals surface area contributed by atoms with Gasteiger partial charge >= 0.3 is 0 Å². The molecule has 1 aromatic heterocycles. The maximum Gasteiger partial charge on any atom is 0.166 e. The van der Waals surface area contributed by atoms with Crippen molar-refractivity contribution in [3.05, 3.63) is 46.9 Å². The maximum atomic E-state index is 5.71. The van der Waals surface area contributed by atoms with E-state index in [0.717, 1.165) is 37.9 Å². The van der Waals surface area contributed by atoms with Crippen LogP contribution < -0.4 is 9.47 Å². The molecule has 0 aliphatic heterocycles. The summed E-state index contributed by atoms with van der Waals surface area (Å²) in [5.74, 6) is 2.43. The molecule has 4 nitrogen and oxygen atoms in total. The minimum Gasteiger partial charge on any atom is -0.497 e. The third kappa shape index (κ3) is 3.75. The van der Waals surface area contributed by atoms with Crippen LogP contribution in [0, 0.1) is 0 Å². The Balaban J connectivity index is 1.53. The fourth-order valence-corrected chi connectivity index (χ4v) is 3.08. The van der Waals surface area contributed by atoms with Gasteiger partial charge < -0.3 is 14.5 Å². The lowest BCUT2D eigenvalue weighted by Crippen LogP contribution is -2.00. The first kappa shape index (κ1) is 15.2. The molecule has 114 valence electrons. The molecule has 0 radical (unpaired) electrons. The van der Waals surface area contributed by atoms with Crippen LogP contribution in [0.15, 0.2) is 52.1 Å². The molecule has 3 rings (SSSR count). The second-order valence-corrected chi connectivity index (χ2v) is 6.58. The largest absolute Gasteiger partial charge is 0.497 e. The Kier molecular flexibility index (Phi) is 4.90. The number of aromatic amines is 1. The van der Waals surface area contributed by atoms with E-state index in [0.29, 0.717) is 6.61 Å². The smallest absolute Gasteiger partial charge is 0.166 e. The van der Waals surface area contributed by atoms with Crippen LogP contribution in [-0.4, -0.2) is 29.4 Å². The fraction of sp³-hybridized carbons (Fsp3) is 0.188. The average Bonchev–Trinajstić information content (AvgIpc) is 2.93. The first-order valence-electron chi connectivity index (χ1n) is 6.79. The predicted octanol–water partition coefficient (Wildman–Crippen LogP) is 4.51. The van der Waals surface area contributed by atoms with Crippen LogP contribution in [0.1, 0.15) is 0 Å². The molecule has 0 fully saturated rings. The van der Waals surface area contributed by atoms with Crippen LogP contribution in [0.2, 0.25) is 0 Å². The summed E-state index contributed by atoms with van der Waals surface area (Å²) in [6.07, 6.45) is 0. The van der Waals surface area contributed by atoms with Gasteiger partial charge in [-0.05, 0) is 30.3 Å². The lowest BCUT2D eigenvalue weighted by molar-refractivity contribution is 0.339. The number of hydrogen-bond donors (Lipinski definition) is 1. The highest BCUT2D eigenvalue weighted by atomic mass is 79.9. The van der Waals surface area contributed by atoms with Gasteiger partial charge in [-0.1, -0.05) is 33.8 Å². The van der Waals surface area contributed by atoms with Crippen molar-refractivity contribution >= 4 is 38.7 Å². The van der Waals surface area contributed by atoms with E-state index in [1.165, 1.54) is 0 Å². The molecule has 0 aliphatic carbocycles. The van der Waals surface area contributed by atoms with Crippen molar-refractivity contribution in [2.24, 2.45) is 0 Å². The minimum atomic E-state index is 0.610. The molecule has 1 N–H and O–H groups in total. The Morgan fingerprint density at radius 2 is 2.05 bits per heavy atom. The van der Waals surface area contributed by atoms with Crippen molar-refractivity contribution in [2.45, 2.75) is 5.16 Å². The highest BCUT2D eigenvalue weighted by Crippen LogP contribution is 2.23. The number of hydrogen-bond acceptors (Lipinski definition) is 4. The van der Waals surface area contributed by atoms with Crippen molar-refractivity contribution in [3.8, 4) is 11.5 Å². The molecule has 2 aromatic carbocycles. The number of imidazole rings is 1. The number of thioether (sulfide) groups is 1. The van der Waals surface area contributed by atoms with Crippen LogP contribution in [0.4, 0.5) is 0 Å². The number of rotatable bonds is 6. The summed E-state index contributed by atoms with van der Waals surface area (Å²) in [7, 11) is 1.65. The molecule has 3 aromatic rings. The molecule has 0 saturated carbocycles. The zero-order valence-corrected chi connectivity index (χ0v) is 14.4. The molecule has 1 heterocycles. The number of H-pyrrole nitrogens is 1. The topological polar surface area (TPSA) is 47.1 Å². The van der Waals surface area contributed by atoms with E-state index in [9.17, 15) is 0 Å². The summed E-state index contributed by atoms with van der Waals surface area (Å²) in [5, 5.41) is 0.905. The van der Waals surface area contributed by atoms with Crippen molar-refractivity contribution in [1.29, 1.82) is 0 Å². The highest BCUT2D eigenvalue weighted by Gasteiger charge is 2.04. The number of aromatic nitrogens is 2. The Morgan fingerprint density at radius 3 is 2.91 bits per heavy atom. The quantitative estimate of drug-likeness (QED) is 0.506. The third-order valence-electron chi connectivity index (χ3n) is 3.05. The van der Waals surface area contributed by atoms with Gasteiger partial charge in [0.25, 0.3) is 0 Å². The molecule has 0 spiro atoms. The lowest BCUT2D eigenvalue weighted by Gasteiger charge is -2.06. The Bertz CT molecular complexity index is 776. The van der Waals surface area contributed by atoms with Crippen LogP contribution in [0.25, 0.3) is 11.0 Å². The van der Waals surface area contributed by atoms with Crippen LogP contribution in [0.5, 0.6) is 11.5 Å². The van der Waals surface area contributed by atoms with Gasteiger partial charge in [0, 0.05) is 16.3 Å². The SMILES string of the molecule is COc1cccc(OCCSc2nc3ccc(Br)cc3[nH]2)c1. The predicted molar refractivity (Wildman–Crippen MR) is 93.0 cm³/mol. The molecule has 0 unspecified atom stereocenters. The average molecular weight is 379 g/mol. The van der Waals surface area contributed by atoms with Gasteiger partial charge in [0.2, 0.25) is 0 Å². The number of nitrogens with one attached hydrogen (secondary N) is 1. The van der Waals surface area contributed by atoms with Gasteiger partial charge in [0.1, 0.15) is 11.5 Å². The number of benzene rings is 2. The number of ether oxygens (including phenoxy) is 2. The van der Waals surface area contributed by atoms with Gasteiger partial charge in [-0.25, -0.2) is 4.98 Å². The van der Waals surface area contributed by atoms with E-state index in [1.54, 1.807) is 18.9 Å². The van der Waals surface area contributed by atoms with E-state index in [1.807, 2.05) is 42.5 Å². The Hall–Kier alpha value is -1.66. The highest BCUT2D eigenvalue weighted by molar-refractivity contribution is 9.10. The second kappa shape index (κ2) is 7.07. The molecule has 22 heavy (non-hydrogen) atoms. The first-order chi connectivity index (χ1) is 10.7. The zero-order valence-electron chi connectivity index (χ0n) is 12.0. The molecule has 0 bridgehead atoms. The van der Waals surface area contributed by atoms with Crippen molar-refractivity contribution in [1.82, 2.24) is 9.97 Å². The molecular formula is C16H15BrN2O2S. The molecule has 0 amide bonds. The summed E-state index contributed by atoms with van der Waals surface area (Å²) in [5.41, 5.74) is 2.00. The van der Waals surface area contributed by atoms with E-state index < -0.39 is 0 Å². The molecule has 6 heteroatoms. The van der Waals surface area contributed by atoms with Gasteiger partial charge in [0.05, 0.1) is 24.8 Å². The molecule has 0 atom stereocenters. The number of halogens is 1. The standard InChI is InChI=1S/C16H15BrN2O2S/c1-20-12-3-2-4-13(10-12)21-7-8-22-16-18-14-6-5-11(17)9-15(14)19-16/h2-6,9-10H,7-8H2,1H3,(H,18,19). The summed E-state index contributed by atoms with van der Waals surface area (Å²) in [6.45, 7) is 0.610. The number of methoxy groups -OCH3 is 1. The van der Waals surface area contributed by atoms with Gasteiger partial charge in [-0.15, -0.1) is 0 Å². The molecular weight excluding hydrogens is 364 g/mol. The van der Waals surface area contributed by atoms with E-state index in [2.05, 4.69) is 25.9 Å². The normalized spacial score (nSPS) is 10.8. The maximum absolute atomic E-state index is 5.71. The number of fused-ring (bicyclic) bond motifs is 1. The van der Waals surface area contributed by atoms with E-state index in [4.69, 9.17) is 9.47 Å². The zero-order chi connectivity index (χ0) is 15.4. The second-order valence-electron chi connectivity index (χ2n) is 4.58. The first-order valence-corrected chi connectivity index (χ1v) is 8.57. The summed E-state index contributed by atoms with van der Waals surface area (Å²) < 4.78 is 11.9. The van der Waals surface area contributed by atoms with Gasteiger partial charge in [-0.2, -0.15) is 0 Å². The Morgan fingerprint density at radius 1 is 1.18 bits per heavy atom. The van der Waals surface area contributed by atoms with E-state index in [-0.39, 0.29) is 0 Å².